The van der Waals surface area contributed by atoms with Crippen molar-refractivity contribution in [3.8, 4) is 17.2 Å². The van der Waals surface area contributed by atoms with Gasteiger partial charge in [-0.05, 0) is 17.3 Å². The molecule has 0 radical (unpaired) electrons. The first-order chi connectivity index (χ1) is 8.22. The van der Waals surface area contributed by atoms with E-state index in [4.69, 9.17) is 20.9 Å². The minimum absolute atomic E-state index is 0.0553. The number of nitrogens with zero attached hydrogens (tertiary/aromatic N) is 2. The maximum atomic E-state index is 13.7. The standard InChI is InChI=1S/C10H8ClFN2O3/c1-15-5-16-10-8(12)9(17-14-10)6-2-3-7(11)13-4-6/h2-4H,5H2,1H3. The van der Waals surface area contributed by atoms with E-state index in [1.807, 2.05) is 0 Å². The highest BCUT2D eigenvalue weighted by molar-refractivity contribution is 6.29. The second-order valence-electron chi connectivity index (χ2n) is 3.05. The Labute approximate surface area is 101 Å². The molecule has 2 aromatic rings. The third-order valence-corrected chi connectivity index (χ3v) is 2.13. The van der Waals surface area contributed by atoms with Gasteiger partial charge < -0.3 is 14.0 Å². The number of ether oxygens (including phenoxy) is 2. The third-order valence-electron chi connectivity index (χ3n) is 1.91. The van der Waals surface area contributed by atoms with Gasteiger partial charge in [-0.2, -0.15) is 4.39 Å². The van der Waals surface area contributed by atoms with Gasteiger partial charge in [0.2, 0.25) is 11.6 Å². The molecule has 0 saturated carbocycles. The van der Waals surface area contributed by atoms with Gasteiger partial charge in [0.25, 0.3) is 5.88 Å². The van der Waals surface area contributed by atoms with Gasteiger partial charge in [0.05, 0.1) is 0 Å². The fourth-order valence-corrected chi connectivity index (χ4v) is 1.27. The molecule has 90 valence electrons. The van der Waals surface area contributed by atoms with Gasteiger partial charge in [-0.1, -0.05) is 11.6 Å². The molecule has 0 atom stereocenters. The highest BCUT2D eigenvalue weighted by Gasteiger charge is 2.19. The summed E-state index contributed by atoms with van der Waals surface area (Å²) in [6.07, 6.45) is 1.38. The Hall–Kier alpha value is -1.66. The Kier molecular flexibility index (Phi) is 3.55. The number of halogens is 2. The van der Waals surface area contributed by atoms with E-state index in [0.29, 0.717) is 10.7 Å². The van der Waals surface area contributed by atoms with Gasteiger partial charge in [-0.3, -0.25) is 0 Å². The molecule has 2 aromatic heterocycles. The summed E-state index contributed by atoms with van der Waals surface area (Å²) in [4.78, 5) is 3.81. The average Bonchev–Trinajstić information content (AvgIpc) is 2.69. The molecule has 0 spiro atoms. The van der Waals surface area contributed by atoms with Crippen molar-refractivity contribution in [1.82, 2.24) is 10.1 Å². The first-order valence-corrected chi connectivity index (χ1v) is 4.99. The maximum Gasteiger partial charge on any atom is 0.293 e. The third kappa shape index (κ3) is 2.54. The maximum absolute atomic E-state index is 13.7. The number of methoxy groups -OCH3 is 1. The summed E-state index contributed by atoms with van der Waals surface area (Å²) in [6.45, 7) is -0.109. The molecule has 0 unspecified atom stereocenters. The summed E-state index contributed by atoms with van der Waals surface area (Å²) in [7, 11) is 1.42. The molecular weight excluding hydrogens is 251 g/mol. The van der Waals surface area contributed by atoms with E-state index in [0.717, 1.165) is 0 Å². The fraction of sp³-hybridized carbons (Fsp3) is 0.200. The summed E-state index contributed by atoms with van der Waals surface area (Å²) in [6, 6.07) is 3.09. The van der Waals surface area contributed by atoms with Crippen molar-refractivity contribution < 1.29 is 18.4 Å². The Balaban J connectivity index is 2.27. The highest BCUT2D eigenvalue weighted by atomic mass is 35.5. The molecule has 0 aliphatic rings. The summed E-state index contributed by atoms with van der Waals surface area (Å²) in [5.74, 6) is -1.01. The van der Waals surface area contributed by atoms with Gasteiger partial charge >= 0.3 is 0 Å². The number of rotatable bonds is 4. The summed E-state index contributed by atoms with van der Waals surface area (Å²) < 4.78 is 28.1. The van der Waals surface area contributed by atoms with Crippen LogP contribution in [-0.2, 0) is 4.74 Å². The lowest BCUT2D eigenvalue weighted by molar-refractivity contribution is 0.0429. The van der Waals surface area contributed by atoms with Crippen molar-refractivity contribution in [3.05, 3.63) is 29.3 Å². The van der Waals surface area contributed by atoms with E-state index in [2.05, 4.69) is 14.9 Å². The highest BCUT2D eigenvalue weighted by Crippen LogP contribution is 2.28. The van der Waals surface area contributed by atoms with Crippen LogP contribution in [0.5, 0.6) is 5.88 Å². The SMILES string of the molecule is COCOc1noc(-c2ccc(Cl)nc2)c1F. The molecule has 7 heteroatoms. The van der Waals surface area contributed by atoms with Crippen LogP contribution in [0.2, 0.25) is 5.15 Å². The first kappa shape index (κ1) is 11.8. The smallest absolute Gasteiger partial charge is 0.293 e. The van der Waals surface area contributed by atoms with Crippen LogP contribution in [0.4, 0.5) is 4.39 Å². The Morgan fingerprint density at radius 2 is 2.29 bits per heavy atom. The lowest BCUT2D eigenvalue weighted by Crippen LogP contribution is -2.00. The van der Waals surface area contributed by atoms with Gasteiger partial charge in [0, 0.05) is 18.9 Å². The predicted molar refractivity (Wildman–Crippen MR) is 57.2 cm³/mol. The average molecular weight is 259 g/mol. The Bertz CT molecular complexity index is 501. The van der Waals surface area contributed by atoms with Crippen molar-refractivity contribution in [2.24, 2.45) is 0 Å². The molecular formula is C10H8ClFN2O3. The molecule has 0 saturated heterocycles. The van der Waals surface area contributed by atoms with Gasteiger partial charge in [-0.25, -0.2) is 4.98 Å². The molecule has 0 aliphatic carbocycles. The fourth-order valence-electron chi connectivity index (χ4n) is 1.16. The van der Waals surface area contributed by atoms with Crippen molar-refractivity contribution >= 4 is 11.6 Å². The molecule has 0 aromatic carbocycles. The Morgan fingerprint density at radius 3 is 2.94 bits per heavy atom. The van der Waals surface area contributed by atoms with Crippen molar-refractivity contribution in [1.29, 1.82) is 0 Å². The van der Waals surface area contributed by atoms with E-state index < -0.39 is 5.82 Å². The zero-order chi connectivity index (χ0) is 12.3. The molecule has 0 amide bonds. The number of aromatic nitrogens is 2. The van der Waals surface area contributed by atoms with Crippen LogP contribution in [0.1, 0.15) is 0 Å². The van der Waals surface area contributed by atoms with Crippen LogP contribution >= 0.6 is 11.6 Å². The summed E-state index contributed by atoms with van der Waals surface area (Å²) >= 11 is 5.62. The van der Waals surface area contributed by atoms with E-state index in [9.17, 15) is 4.39 Å². The van der Waals surface area contributed by atoms with Crippen LogP contribution in [0.15, 0.2) is 22.9 Å². The van der Waals surface area contributed by atoms with E-state index >= 15 is 0 Å². The van der Waals surface area contributed by atoms with Crippen LogP contribution in [0.25, 0.3) is 11.3 Å². The van der Waals surface area contributed by atoms with E-state index in [-0.39, 0.29) is 18.4 Å². The Morgan fingerprint density at radius 1 is 1.47 bits per heavy atom. The number of pyridine rings is 1. The zero-order valence-corrected chi connectivity index (χ0v) is 9.57. The van der Waals surface area contributed by atoms with Crippen LogP contribution in [0.3, 0.4) is 0 Å². The first-order valence-electron chi connectivity index (χ1n) is 4.61. The molecule has 0 aliphatic heterocycles. The molecule has 0 bridgehead atoms. The number of hydrogen-bond donors (Lipinski definition) is 0. The molecule has 0 N–H and O–H groups in total. The van der Waals surface area contributed by atoms with Crippen LogP contribution in [0, 0.1) is 5.82 Å². The topological polar surface area (TPSA) is 57.4 Å². The normalized spacial score (nSPS) is 10.5. The molecule has 2 rings (SSSR count). The van der Waals surface area contributed by atoms with Crippen molar-refractivity contribution in [2.75, 3.05) is 13.9 Å². The second-order valence-corrected chi connectivity index (χ2v) is 3.44. The minimum atomic E-state index is -0.703. The monoisotopic (exact) mass is 258 g/mol. The van der Waals surface area contributed by atoms with Crippen molar-refractivity contribution in [3.63, 3.8) is 0 Å². The van der Waals surface area contributed by atoms with Gasteiger partial charge in [0.1, 0.15) is 5.15 Å². The lowest BCUT2D eigenvalue weighted by atomic mass is 10.2. The van der Waals surface area contributed by atoms with Gasteiger partial charge in [-0.15, -0.1) is 0 Å². The van der Waals surface area contributed by atoms with Gasteiger partial charge in [0.15, 0.2) is 6.79 Å². The zero-order valence-electron chi connectivity index (χ0n) is 8.81. The molecule has 2 heterocycles. The minimum Gasteiger partial charge on any atom is -0.446 e. The second kappa shape index (κ2) is 5.11. The molecule has 0 fully saturated rings. The summed E-state index contributed by atoms with van der Waals surface area (Å²) in [5, 5.41) is 3.75. The summed E-state index contributed by atoms with van der Waals surface area (Å²) in [5.41, 5.74) is 0.423. The van der Waals surface area contributed by atoms with E-state index in [1.165, 1.54) is 19.4 Å². The molecule has 5 nitrogen and oxygen atoms in total. The van der Waals surface area contributed by atoms with Crippen LogP contribution in [-0.4, -0.2) is 24.0 Å². The predicted octanol–water partition coefficient (Wildman–Crippen LogP) is 2.51. The lowest BCUT2D eigenvalue weighted by Gasteiger charge is -1.98. The quantitative estimate of drug-likeness (QED) is 0.623. The van der Waals surface area contributed by atoms with Crippen LogP contribution < -0.4 is 4.74 Å². The van der Waals surface area contributed by atoms with E-state index in [1.54, 1.807) is 6.07 Å². The molecule has 17 heavy (non-hydrogen) atoms. The largest absolute Gasteiger partial charge is 0.446 e. The van der Waals surface area contributed by atoms with Crippen molar-refractivity contribution in [2.45, 2.75) is 0 Å². The number of hydrogen-bond acceptors (Lipinski definition) is 5.